The number of nitrogens with one attached hydrogen (secondary N) is 3. The first-order chi connectivity index (χ1) is 17.4. The van der Waals surface area contributed by atoms with Crippen LogP contribution in [-0.2, 0) is 23.9 Å². The van der Waals surface area contributed by atoms with Crippen molar-refractivity contribution in [2.45, 2.75) is 143 Å². The Morgan fingerprint density at radius 3 is 1.68 bits per heavy atom. The van der Waals surface area contributed by atoms with Crippen molar-refractivity contribution in [2.24, 2.45) is 17.8 Å². The Morgan fingerprint density at radius 1 is 0.676 bits per heavy atom. The summed E-state index contributed by atoms with van der Waals surface area (Å²) in [5.41, 5.74) is 0. The van der Waals surface area contributed by atoms with E-state index in [-0.39, 0.29) is 36.0 Å². The normalized spacial score (nSPS) is 24.2. The summed E-state index contributed by atoms with van der Waals surface area (Å²) in [5, 5.41) is 8.57. The molecule has 1 heterocycles. The summed E-state index contributed by atoms with van der Waals surface area (Å²) < 4.78 is 5.86. The molecule has 0 aromatic rings. The van der Waals surface area contributed by atoms with Crippen molar-refractivity contribution in [3.8, 4) is 0 Å². The van der Waals surface area contributed by atoms with Gasteiger partial charge < -0.3 is 20.7 Å². The second kappa shape index (κ2) is 17.4. The average Bonchev–Trinajstić information content (AvgIpc) is 2.78. The Morgan fingerprint density at radius 2 is 1.14 bits per heavy atom. The highest BCUT2D eigenvalue weighted by atomic mass is 16.5. The molecule has 1 aliphatic rings. The van der Waals surface area contributed by atoms with Crippen LogP contribution in [-0.4, -0.2) is 47.9 Å². The highest BCUT2D eigenvalue weighted by molar-refractivity contribution is 5.94. The Hall–Kier alpha value is -2.12. The van der Waals surface area contributed by atoms with E-state index in [1.807, 2.05) is 41.5 Å². The fourth-order valence-corrected chi connectivity index (χ4v) is 4.70. The quantitative estimate of drug-likeness (QED) is 0.240. The Balaban J connectivity index is 3.20. The molecule has 3 amide bonds. The molecular formula is C29H53N3O5. The van der Waals surface area contributed by atoms with E-state index in [9.17, 15) is 19.2 Å². The molecule has 214 valence electrons. The van der Waals surface area contributed by atoms with Crippen molar-refractivity contribution in [3.05, 3.63) is 0 Å². The smallest absolute Gasteiger partial charge is 0.328 e. The minimum atomic E-state index is -0.832. The van der Waals surface area contributed by atoms with Gasteiger partial charge in [-0.25, -0.2) is 4.79 Å². The van der Waals surface area contributed by atoms with Gasteiger partial charge in [0.2, 0.25) is 17.7 Å². The Labute approximate surface area is 224 Å². The van der Waals surface area contributed by atoms with E-state index >= 15 is 0 Å². The summed E-state index contributed by atoms with van der Waals surface area (Å²) in [6.45, 7) is 14.0. The number of hydrogen-bond acceptors (Lipinski definition) is 5. The minimum absolute atomic E-state index is 0.000340. The van der Waals surface area contributed by atoms with E-state index in [1.165, 1.54) is 19.3 Å². The zero-order valence-corrected chi connectivity index (χ0v) is 24.4. The third kappa shape index (κ3) is 13.8. The van der Waals surface area contributed by atoms with Crippen LogP contribution in [0.25, 0.3) is 0 Å². The zero-order chi connectivity index (χ0) is 28.0. The number of rotatable bonds is 13. The molecule has 8 nitrogen and oxygen atoms in total. The van der Waals surface area contributed by atoms with E-state index in [2.05, 4.69) is 22.9 Å². The minimum Gasteiger partial charge on any atom is -0.460 e. The molecule has 3 N–H and O–H groups in total. The van der Waals surface area contributed by atoms with Crippen LogP contribution in [0.5, 0.6) is 0 Å². The van der Waals surface area contributed by atoms with E-state index < -0.39 is 36.1 Å². The predicted octanol–water partition coefficient (Wildman–Crippen LogP) is 4.65. The van der Waals surface area contributed by atoms with Gasteiger partial charge in [0.15, 0.2) is 0 Å². The number of cyclic esters (lactones) is 1. The van der Waals surface area contributed by atoms with Gasteiger partial charge >= 0.3 is 5.97 Å². The molecule has 0 aliphatic carbocycles. The Bertz CT molecular complexity index is 722. The van der Waals surface area contributed by atoms with Gasteiger partial charge in [-0.2, -0.15) is 0 Å². The molecule has 1 fully saturated rings. The van der Waals surface area contributed by atoms with Crippen LogP contribution in [0.3, 0.4) is 0 Å². The number of amides is 3. The number of unbranched alkanes of at least 4 members (excludes halogenated alkanes) is 5. The molecule has 0 radical (unpaired) electrons. The SMILES string of the molecule is CCCCCCCC[C@@H]1CC(=O)N[C@H](CC(C)C)C(=O)N[C@@H](CC(C)C)C(=O)N[C@@H](CC(C)C)C(=O)O1. The fraction of sp³-hybridized carbons (Fsp3) is 0.862. The average molecular weight is 524 g/mol. The maximum absolute atomic E-state index is 13.3. The first-order valence-electron chi connectivity index (χ1n) is 14.5. The molecule has 0 aromatic carbocycles. The molecule has 0 bridgehead atoms. The van der Waals surface area contributed by atoms with Gasteiger partial charge in [0.05, 0.1) is 6.42 Å². The molecule has 0 unspecified atom stereocenters. The highest BCUT2D eigenvalue weighted by Crippen LogP contribution is 2.17. The number of hydrogen-bond donors (Lipinski definition) is 3. The van der Waals surface area contributed by atoms with Gasteiger partial charge in [0, 0.05) is 0 Å². The van der Waals surface area contributed by atoms with E-state index in [1.54, 1.807) is 0 Å². The lowest BCUT2D eigenvalue weighted by atomic mass is 9.99. The van der Waals surface area contributed by atoms with Gasteiger partial charge in [0.25, 0.3) is 0 Å². The lowest BCUT2D eigenvalue weighted by molar-refractivity contribution is -0.155. The second-order valence-electron chi connectivity index (χ2n) is 12.0. The summed E-state index contributed by atoms with van der Waals surface area (Å²) in [6, 6.07) is -2.39. The maximum atomic E-state index is 13.3. The topological polar surface area (TPSA) is 114 Å². The monoisotopic (exact) mass is 523 g/mol. The maximum Gasteiger partial charge on any atom is 0.328 e. The molecule has 0 spiro atoms. The van der Waals surface area contributed by atoms with Crippen LogP contribution in [0.2, 0.25) is 0 Å². The van der Waals surface area contributed by atoms with Gasteiger partial charge in [-0.1, -0.05) is 80.6 Å². The standard InChI is InChI=1S/C29H53N3O5/c1-8-9-10-11-12-13-14-22-18-26(33)30-23(15-19(2)3)27(34)31-24(16-20(4)5)28(35)32-25(17-21(6)7)29(36)37-22/h19-25H,8-18H2,1-7H3,(H,30,33)(H,31,34)(H,32,35)/t22-,23-,24+,25+/m1/s1. The van der Waals surface area contributed by atoms with Gasteiger partial charge in [-0.05, 0) is 49.9 Å². The molecule has 0 saturated carbocycles. The van der Waals surface area contributed by atoms with E-state index in [4.69, 9.17) is 4.74 Å². The van der Waals surface area contributed by atoms with Crippen molar-refractivity contribution in [2.75, 3.05) is 0 Å². The third-order valence-corrected chi connectivity index (χ3v) is 6.58. The molecule has 1 saturated heterocycles. The number of ether oxygens (including phenoxy) is 1. The summed E-state index contributed by atoms with van der Waals surface area (Å²) >= 11 is 0. The number of esters is 1. The summed E-state index contributed by atoms with van der Waals surface area (Å²) in [5.74, 6) is -1.16. The van der Waals surface area contributed by atoms with Crippen molar-refractivity contribution < 1.29 is 23.9 Å². The number of carbonyl (C=O) groups is 4. The zero-order valence-electron chi connectivity index (χ0n) is 24.4. The molecule has 1 aliphatic heterocycles. The summed E-state index contributed by atoms with van der Waals surface area (Å²) in [7, 11) is 0. The lowest BCUT2D eigenvalue weighted by Gasteiger charge is -2.26. The third-order valence-electron chi connectivity index (χ3n) is 6.58. The van der Waals surface area contributed by atoms with Crippen LogP contribution < -0.4 is 16.0 Å². The van der Waals surface area contributed by atoms with Crippen molar-refractivity contribution in [3.63, 3.8) is 0 Å². The van der Waals surface area contributed by atoms with Gasteiger partial charge in [-0.15, -0.1) is 0 Å². The first kappa shape index (κ1) is 32.9. The lowest BCUT2D eigenvalue weighted by Crippen LogP contribution is -2.56. The van der Waals surface area contributed by atoms with E-state index in [0.29, 0.717) is 25.7 Å². The molecule has 1 rings (SSSR count). The van der Waals surface area contributed by atoms with Crippen LogP contribution in [0, 0.1) is 17.8 Å². The molecule has 37 heavy (non-hydrogen) atoms. The predicted molar refractivity (Wildman–Crippen MR) is 147 cm³/mol. The van der Waals surface area contributed by atoms with Crippen LogP contribution in [0.4, 0.5) is 0 Å². The van der Waals surface area contributed by atoms with E-state index in [0.717, 1.165) is 19.3 Å². The van der Waals surface area contributed by atoms with Crippen molar-refractivity contribution in [1.82, 2.24) is 16.0 Å². The van der Waals surface area contributed by atoms with Crippen LogP contribution >= 0.6 is 0 Å². The van der Waals surface area contributed by atoms with Gasteiger partial charge in [-0.3, -0.25) is 14.4 Å². The van der Waals surface area contributed by atoms with Crippen molar-refractivity contribution in [1.29, 1.82) is 0 Å². The largest absolute Gasteiger partial charge is 0.460 e. The number of carbonyl (C=O) groups excluding carboxylic acids is 4. The van der Waals surface area contributed by atoms with Gasteiger partial charge in [0.1, 0.15) is 24.2 Å². The summed E-state index contributed by atoms with van der Waals surface area (Å²) in [6.07, 6.45) is 7.79. The highest BCUT2D eigenvalue weighted by Gasteiger charge is 2.33. The molecule has 8 heteroatoms. The Kier molecular flexibility index (Phi) is 15.5. The van der Waals surface area contributed by atoms with Crippen molar-refractivity contribution >= 4 is 23.7 Å². The molecule has 4 atom stereocenters. The fourth-order valence-electron chi connectivity index (χ4n) is 4.70. The molecule has 0 aromatic heterocycles. The first-order valence-corrected chi connectivity index (χ1v) is 14.5. The summed E-state index contributed by atoms with van der Waals surface area (Å²) in [4.78, 5) is 52.8. The second-order valence-corrected chi connectivity index (χ2v) is 12.0. The molecular weight excluding hydrogens is 470 g/mol. The van der Waals surface area contributed by atoms with Crippen LogP contribution in [0.15, 0.2) is 0 Å². The van der Waals surface area contributed by atoms with Crippen LogP contribution in [0.1, 0.15) is 119 Å².